The van der Waals surface area contributed by atoms with Crippen molar-refractivity contribution in [1.29, 1.82) is 5.26 Å². The zero-order chi connectivity index (χ0) is 24.9. The van der Waals surface area contributed by atoms with Gasteiger partial charge in [0.15, 0.2) is 6.10 Å². The van der Waals surface area contributed by atoms with Gasteiger partial charge in [0.2, 0.25) is 5.95 Å². The molecule has 0 saturated heterocycles. The van der Waals surface area contributed by atoms with Crippen LogP contribution in [0.15, 0.2) is 42.6 Å². The molecule has 3 rings (SSSR count). The van der Waals surface area contributed by atoms with Crippen LogP contribution in [-0.4, -0.2) is 27.8 Å². The number of hydrogen-bond acceptors (Lipinski definition) is 8. The molecule has 1 heterocycles. The zero-order valence-corrected chi connectivity index (χ0v) is 20.0. The first-order valence-electron chi connectivity index (χ1n) is 11.1. The van der Waals surface area contributed by atoms with Gasteiger partial charge in [-0.05, 0) is 47.7 Å². The molecule has 0 aliphatic carbocycles. The van der Waals surface area contributed by atoms with E-state index in [1.165, 1.54) is 0 Å². The average Bonchev–Trinajstić information content (AvgIpc) is 2.75. The SMILES string of the molecule is CCOc1cc(Cc2cnc(N)nc2N)cc(OC(C#N)CC(C)(C)C)c1-c1ccc(O)cc1. The van der Waals surface area contributed by atoms with Crippen LogP contribution >= 0.6 is 0 Å². The second kappa shape index (κ2) is 10.3. The van der Waals surface area contributed by atoms with Crippen molar-refractivity contribution in [3.05, 3.63) is 53.7 Å². The van der Waals surface area contributed by atoms with Crippen molar-refractivity contribution in [3.63, 3.8) is 0 Å². The number of aromatic hydroxyl groups is 1. The number of nitriles is 1. The molecule has 0 radical (unpaired) electrons. The molecule has 0 amide bonds. The predicted octanol–water partition coefficient (Wildman–Crippen LogP) is 4.71. The molecule has 178 valence electrons. The number of nitrogens with zero attached hydrogens (tertiary/aromatic N) is 3. The first kappa shape index (κ1) is 24.6. The fraction of sp³-hybridized carbons (Fsp3) is 0.346. The first-order chi connectivity index (χ1) is 16.1. The highest BCUT2D eigenvalue weighted by Gasteiger charge is 2.23. The minimum atomic E-state index is -0.662. The maximum atomic E-state index is 9.80. The minimum Gasteiger partial charge on any atom is -0.508 e. The van der Waals surface area contributed by atoms with E-state index in [-0.39, 0.29) is 17.1 Å². The van der Waals surface area contributed by atoms with Crippen LogP contribution < -0.4 is 20.9 Å². The summed E-state index contributed by atoms with van der Waals surface area (Å²) in [5.41, 5.74) is 14.7. The van der Waals surface area contributed by atoms with Gasteiger partial charge in [-0.1, -0.05) is 32.9 Å². The summed E-state index contributed by atoms with van der Waals surface area (Å²) in [6.07, 6.45) is 1.91. The molecular weight excluding hydrogens is 430 g/mol. The summed E-state index contributed by atoms with van der Waals surface area (Å²) in [5.74, 6) is 1.68. The van der Waals surface area contributed by atoms with Gasteiger partial charge in [-0.3, -0.25) is 0 Å². The Hall–Kier alpha value is -3.99. The summed E-state index contributed by atoms with van der Waals surface area (Å²) in [4.78, 5) is 8.09. The molecular formula is C26H31N5O3. The Balaban J connectivity index is 2.14. The van der Waals surface area contributed by atoms with Gasteiger partial charge in [0.05, 0.1) is 12.2 Å². The molecule has 8 heteroatoms. The number of hydrogen-bond donors (Lipinski definition) is 3. The summed E-state index contributed by atoms with van der Waals surface area (Å²) >= 11 is 0. The highest BCUT2D eigenvalue weighted by atomic mass is 16.5. The number of anilines is 2. The Bertz CT molecular complexity index is 1180. The fourth-order valence-corrected chi connectivity index (χ4v) is 3.63. The van der Waals surface area contributed by atoms with Crippen molar-refractivity contribution in [3.8, 4) is 34.4 Å². The van der Waals surface area contributed by atoms with Gasteiger partial charge < -0.3 is 26.0 Å². The summed E-state index contributed by atoms with van der Waals surface area (Å²) in [7, 11) is 0. The molecule has 5 N–H and O–H groups in total. The molecule has 34 heavy (non-hydrogen) atoms. The molecule has 0 bridgehead atoms. The number of ether oxygens (including phenoxy) is 2. The van der Waals surface area contributed by atoms with Crippen molar-refractivity contribution in [2.24, 2.45) is 5.41 Å². The molecule has 1 unspecified atom stereocenters. The molecule has 8 nitrogen and oxygen atoms in total. The van der Waals surface area contributed by atoms with Crippen LogP contribution in [0.2, 0.25) is 0 Å². The number of phenols is 1. The van der Waals surface area contributed by atoms with Gasteiger partial charge in [-0.25, -0.2) is 4.98 Å². The molecule has 0 aliphatic heterocycles. The fourth-order valence-electron chi connectivity index (χ4n) is 3.63. The van der Waals surface area contributed by atoms with Crippen LogP contribution in [0.3, 0.4) is 0 Å². The number of nitrogen functional groups attached to an aromatic ring is 2. The number of benzene rings is 2. The van der Waals surface area contributed by atoms with Gasteiger partial charge >= 0.3 is 0 Å². The second-order valence-electron chi connectivity index (χ2n) is 9.26. The van der Waals surface area contributed by atoms with Gasteiger partial charge in [-0.2, -0.15) is 10.2 Å². The van der Waals surface area contributed by atoms with E-state index in [1.807, 2.05) is 19.1 Å². The van der Waals surface area contributed by atoms with Crippen LogP contribution in [0.25, 0.3) is 11.1 Å². The summed E-state index contributed by atoms with van der Waals surface area (Å²) in [5, 5.41) is 19.6. The Labute approximate surface area is 200 Å². The highest BCUT2D eigenvalue weighted by Crippen LogP contribution is 2.42. The van der Waals surface area contributed by atoms with Crippen LogP contribution in [-0.2, 0) is 6.42 Å². The number of phenolic OH excluding ortho intramolecular Hbond substituents is 1. The lowest BCUT2D eigenvalue weighted by Crippen LogP contribution is -2.22. The van der Waals surface area contributed by atoms with E-state index in [4.69, 9.17) is 20.9 Å². The van der Waals surface area contributed by atoms with E-state index in [0.717, 1.165) is 11.1 Å². The lowest BCUT2D eigenvalue weighted by atomic mass is 9.89. The van der Waals surface area contributed by atoms with E-state index in [1.54, 1.807) is 30.5 Å². The Morgan fingerprint density at radius 1 is 1.12 bits per heavy atom. The Morgan fingerprint density at radius 3 is 2.38 bits per heavy atom. The van der Waals surface area contributed by atoms with Crippen LogP contribution in [0.4, 0.5) is 11.8 Å². The summed E-state index contributed by atoms with van der Waals surface area (Å²) < 4.78 is 12.3. The van der Waals surface area contributed by atoms with Crippen molar-refractivity contribution in [1.82, 2.24) is 9.97 Å². The maximum Gasteiger partial charge on any atom is 0.221 e. The summed E-state index contributed by atoms with van der Waals surface area (Å²) in [6.45, 7) is 8.52. The molecule has 0 aliphatic rings. The Morgan fingerprint density at radius 2 is 1.79 bits per heavy atom. The van der Waals surface area contributed by atoms with E-state index in [0.29, 0.717) is 47.9 Å². The third-order valence-corrected chi connectivity index (χ3v) is 5.10. The van der Waals surface area contributed by atoms with Crippen LogP contribution in [0, 0.1) is 16.7 Å². The van der Waals surface area contributed by atoms with Crippen molar-refractivity contribution in [2.75, 3.05) is 18.1 Å². The lowest BCUT2D eigenvalue weighted by molar-refractivity contribution is 0.189. The minimum absolute atomic E-state index is 0.102. The van der Waals surface area contributed by atoms with E-state index in [9.17, 15) is 10.4 Å². The first-order valence-corrected chi connectivity index (χ1v) is 11.1. The molecule has 1 atom stereocenters. The summed E-state index contributed by atoms with van der Waals surface area (Å²) in [6, 6.07) is 12.9. The van der Waals surface area contributed by atoms with Gasteiger partial charge in [0.25, 0.3) is 0 Å². The molecule has 3 aromatic rings. The lowest BCUT2D eigenvalue weighted by Gasteiger charge is -2.24. The van der Waals surface area contributed by atoms with Crippen molar-refractivity contribution < 1.29 is 14.6 Å². The molecule has 0 spiro atoms. The van der Waals surface area contributed by atoms with Gasteiger partial charge in [0, 0.05) is 24.6 Å². The largest absolute Gasteiger partial charge is 0.508 e. The van der Waals surface area contributed by atoms with E-state index < -0.39 is 6.10 Å². The normalized spacial score (nSPS) is 12.1. The highest BCUT2D eigenvalue weighted by molar-refractivity contribution is 5.78. The number of rotatable bonds is 8. The van der Waals surface area contributed by atoms with E-state index >= 15 is 0 Å². The molecule has 0 saturated carbocycles. The van der Waals surface area contributed by atoms with Gasteiger partial charge in [0.1, 0.15) is 29.1 Å². The van der Waals surface area contributed by atoms with E-state index in [2.05, 4.69) is 36.8 Å². The maximum absolute atomic E-state index is 9.80. The topological polar surface area (TPSA) is 140 Å². The molecule has 2 aromatic carbocycles. The quantitative estimate of drug-likeness (QED) is 0.438. The second-order valence-corrected chi connectivity index (χ2v) is 9.26. The Kier molecular flexibility index (Phi) is 7.47. The van der Waals surface area contributed by atoms with Crippen LogP contribution in [0.1, 0.15) is 45.2 Å². The predicted molar refractivity (Wildman–Crippen MR) is 132 cm³/mol. The molecule has 1 aromatic heterocycles. The smallest absolute Gasteiger partial charge is 0.221 e. The standard InChI is InChI=1S/C26H31N5O3/c1-5-33-21-11-16(10-18-15-30-25(29)31-24(18)28)12-22(34-20(14-27)13-26(2,3)4)23(21)17-6-8-19(32)9-7-17/h6-9,11-12,15,20,32H,5,10,13H2,1-4H3,(H4,28,29,30,31). The number of nitrogens with two attached hydrogens (primary N) is 2. The van der Waals surface area contributed by atoms with Crippen molar-refractivity contribution >= 4 is 11.8 Å². The third kappa shape index (κ3) is 6.29. The van der Waals surface area contributed by atoms with Crippen molar-refractivity contribution in [2.45, 2.75) is 46.6 Å². The zero-order valence-electron chi connectivity index (χ0n) is 20.0. The molecule has 0 fully saturated rings. The van der Waals surface area contributed by atoms with Gasteiger partial charge in [-0.15, -0.1) is 0 Å². The monoisotopic (exact) mass is 461 g/mol. The average molecular weight is 462 g/mol. The van der Waals surface area contributed by atoms with Crippen LogP contribution in [0.5, 0.6) is 17.2 Å². The number of aromatic nitrogens is 2. The third-order valence-electron chi connectivity index (χ3n) is 5.10.